The molecule has 0 fully saturated rings. The van der Waals surface area contributed by atoms with Gasteiger partial charge in [-0.25, -0.2) is 0 Å². The Morgan fingerprint density at radius 3 is 2.42 bits per heavy atom. The van der Waals surface area contributed by atoms with Gasteiger partial charge in [0, 0.05) is 11.8 Å². The normalized spacial score (nSPS) is 21.7. The van der Waals surface area contributed by atoms with E-state index in [1.54, 1.807) is 0 Å². The van der Waals surface area contributed by atoms with Crippen LogP contribution in [0.4, 0.5) is 0 Å². The molecule has 0 radical (unpaired) electrons. The van der Waals surface area contributed by atoms with E-state index in [4.69, 9.17) is 0 Å². The molecule has 0 aromatic heterocycles. The molecule has 0 bridgehead atoms. The second kappa shape index (κ2) is 5.34. The number of hydrogen-bond donors (Lipinski definition) is 0. The highest BCUT2D eigenvalue weighted by molar-refractivity contribution is 9.11. The van der Waals surface area contributed by atoms with Crippen LogP contribution in [-0.2, 0) is 6.42 Å². The maximum absolute atomic E-state index is 4.14. The second-order valence-corrected chi connectivity index (χ2v) is 6.20. The summed E-state index contributed by atoms with van der Waals surface area (Å²) in [4.78, 5) is 0. The third kappa shape index (κ3) is 2.40. The number of aryl methyl sites for hydroxylation is 1. The fraction of sp³-hybridized carbons (Fsp3) is 0.222. The van der Waals surface area contributed by atoms with Crippen molar-refractivity contribution < 1.29 is 0 Å². The zero-order chi connectivity index (χ0) is 13.2. The third-order valence-corrected chi connectivity index (χ3v) is 4.67. The van der Waals surface area contributed by atoms with Gasteiger partial charge in [0.15, 0.2) is 0 Å². The van der Waals surface area contributed by atoms with Gasteiger partial charge >= 0.3 is 0 Å². The lowest BCUT2D eigenvalue weighted by atomic mass is 9.72. The molecule has 0 aliphatic heterocycles. The smallest absolute Gasteiger partial charge is 0.0166 e. The average Bonchev–Trinajstić information content (AvgIpc) is 2.46. The summed E-state index contributed by atoms with van der Waals surface area (Å²) in [6.07, 6.45) is 2.31. The van der Waals surface area contributed by atoms with Crippen molar-refractivity contribution in [3.05, 3.63) is 82.3 Å². The number of rotatable bonds is 2. The van der Waals surface area contributed by atoms with Crippen LogP contribution < -0.4 is 0 Å². The number of fused-ring (bicyclic) bond motifs is 1. The lowest BCUT2D eigenvalue weighted by Crippen LogP contribution is -2.21. The maximum atomic E-state index is 4.14. The minimum absolute atomic E-state index is 0.429. The van der Waals surface area contributed by atoms with Gasteiger partial charge in [-0.15, -0.1) is 0 Å². The van der Waals surface area contributed by atoms with Gasteiger partial charge in [-0.3, -0.25) is 0 Å². The highest BCUT2D eigenvalue weighted by atomic mass is 79.9. The Hall–Kier alpha value is -1.34. The van der Waals surface area contributed by atoms with E-state index < -0.39 is 0 Å². The van der Waals surface area contributed by atoms with E-state index in [0.29, 0.717) is 11.8 Å². The lowest BCUT2D eigenvalue weighted by Gasteiger charge is -2.34. The molecule has 2 aromatic rings. The summed E-state index contributed by atoms with van der Waals surface area (Å²) in [5.74, 6) is 0.912. The van der Waals surface area contributed by atoms with Crippen LogP contribution in [0.1, 0.15) is 29.0 Å². The molecule has 0 amide bonds. The van der Waals surface area contributed by atoms with Crippen molar-refractivity contribution >= 4 is 15.9 Å². The predicted molar refractivity (Wildman–Crippen MR) is 84.6 cm³/mol. The van der Waals surface area contributed by atoms with Crippen molar-refractivity contribution in [3.8, 4) is 0 Å². The second-order valence-electron chi connectivity index (χ2n) is 5.18. The molecule has 0 N–H and O–H groups in total. The van der Waals surface area contributed by atoms with Crippen LogP contribution in [0.3, 0.4) is 0 Å². The summed E-state index contributed by atoms with van der Waals surface area (Å²) >= 11 is 3.63. The SMILES string of the molecule is C=C(Br)[C@H]1CCc2ccccc2[C@@H]1c1ccccc1. The zero-order valence-electron chi connectivity index (χ0n) is 10.9. The first-order valence-electron chi connectivity index (χ1n) is 6.74. The largest absolute Gasteiger partial charge is 0.0885 e. The summed E-state index contributed by atoms with van der Waals surface area (Å²) in [6.45, 7) is 4.14. The quantitative estimate of drug-likeness (QED) is 0.707. The summed E-state index contributed by atoms with van der Waals surface area (Å²) < 4.78 is 1.12. The Balaban J connectivity index is 2.13. The van der Waals surface area contributed by atoms with Crippen molar-refractivity contribution in [1.29, 1.82) is 0 Å². The molecule has 1 aliphatic carbocycles. The van der Waals surface area contributed by atoms with Gasteiger partial charge in [-0.1, -0.05) is 77.1 Å². The van der Waals surface area contributed by atoms with Crippen LogP contribution in [0.2, 0.25) is 0 Å². The Labute approximate surface area is 123 Å². The molecule has 0 unspecified atom stereocenters. The molecular weight excluding hydrogens is 296 g/mol. The first-order valence-corrected chi connectivity index (χ1v) is 7.53. The summed E-state index contributed by atoms with van der Waals surface area (Å²) in [5.41, 5.74) is 4.34. The Morgan fingerprint density at radius 1 is 1.00 bits per heavy atom. The van der Waals surface area contributed by atoms with Crippen LogP contribution in [0, 0.1) is 5.92 Å². The molecule has 1 aliphatic rings. The van der Waals surface area contributed by atoms with Crippen molar-refractivity contribution in [2.45, 2.75) is 18.8 Å². The monoisotopic (exact) mass is 312 g/mol. The first-order chi connectivity index (χ1) is 9.27. The number of halogens is 1. The van der Waals surface area contributed by atoms with Crippen molar-refractivity contribution in [3.63, 3.8) is 0 Å². The number of allylic oxidation sites excluding steroid dienone is 1. The highest BCUT2D eigenvalue weighted by Gasteiger charge is 2.31. The molecule has 96 valence electrons. The van der Waals surface area contributed by atoms with Crippen molar-refractivity contribution in [2.75, 3.05) is 0 Å². The van der Waals surface area contributed by atoms with E-state index in [1.165, 1.54) is 23.1 Å². The molecular formula is C18H17Br. The first kappa shape index (κ1) is 12.7. The third-order valence-electron chi connectivity index (χ3n) is 4.08. The molecule has 2 aromatic carbocycles. The minimum Gasteiger partial charge on any atom is -0.0885 e. The van der Waals surface area contributed by atoms with Crippen LogP contribution in [0.5, 0.6) is 0 Å². The van der Waals surface area contributed by atoms with Gasteiger partial charge in [0.1, 0.15) is 0 Å². The van der Waals surface area contributed by atoms with Crippen molar-refractivity contribution in [2.24, 2.45) is 5.92 Å². The summed E-state index contributed by atoms with van der Waals surface area (Å²) in [5, 5.41) is 0. The van der Waals surface area contributed by atoms with Crippen LogP contribution in [-0.4, -0.2) is 0 Å². The van der Waals surface area contributed by atoms with E-state index in [1.807, 2.05) is 0 Å². The average molecular weight is 313 g/mol. The minimum atomic E-state index is 0.429. The molecule has 0 saturated heterocycles. The molecule has 3 rings (SSSR count). The van der Waals surface area contributed by atoms with E-state index in [9.17, 15) is 0 Å². The molecule has 2 atom stereocenters. The zero-order valence-corrected chi connectivity index (χ0v) is 12.4. The van der Waals surface area contributed by atoms with E-state index in [-0.39, 0.29) is 0 Å². The van der Waals surface area contributed by atoms with E-state index >= 15 is 0 Å². The summed E-state index contributed by atoms with van der Waals surface area (Å²) in [7, 11) is 0. The van der Waals surface area contributed by atoms with Gasteiger partial charge in [0.2, 0.25) is 0 Å². The van der Waals surface area contributed by atoms with E-state index in [2.05, 4.69) is 77.1 Å². The predicted octanol–water partition coefficient (Wildman–Crippen LogP) is 5.29. The Kier molecular flexibility index (Phi) is 3.56. The molecule has 1 heteroatoms. The molecule has 0 heterocycles. The van der Waals surface area contributed by atoms with Gasteiger partial charge in [0.05, 0.1) is 0 Å². The number of hydrogen-bond acceptors (Lipinski definition) is 0. The molecule has 0 saturated carbocycles. The van der Waals surface area contributed by atoms with E-state index in [0.717, 1.165) is 10.9 Å². The van der Waals surface area contributed by atoms with Crippen LogP contribution in [0.25, 0.3) is 0 Å². The van der Waals surface area contributed by atoms with Crippen LogP contribution in [0.15, 0.2) is 65.7 Å². The fourth-order valence-corrected chi connectivity index (χ4v) is 3.66. The van der Waals surface area contributed by atoms with Gasteiger partial charge in [-0.05, 0) is 34.0 Å². The Bertz CT molecular complexity index is 586. The standard InChI is InChI=1S/C18H17Br/c1-13(19)16-12-11-14-7-5-6-10-17(14)18(16)15-8-3-2-4-9-15/h2-10,16,18H,1,11-12H2/t16-,18-/m1/s1. The highest BCUT2D eigenvalue weighted by Crippen LogP contribution is 2.44. The molecule has 0 nitrogen and oxygen atoms in total. The maximum Gasteiger partial charge on any atom is 0.0166 e. The van der Waals surface area contributed by atoms with Gasteiger partial charge < -0.3 is 0 Å². The number of benzene rings is 2. The fourth-order valence-electron chi connectivity index (χ4n) is 3.17. The molecule has 19 heavy (non-hydrogen) atoms. The topological polar surface area (TPSA) is 0 Å². The Morgan fingerprint density at radius 2 is 1.68 bits per heavy atom. The van der Waals surface area contributed by atoms with Crippen molar-refractivity contribution in [1.82, 2.24) is 0 Å². The lowest BCUT2D eigenvalue weighted by molar-refractivity contribution is 0.489. The summed E-state index contributed by atoms with van der Waals surface area (Å²) in [6, 6.07) is 19.6. The van der Waals surface area contributed by atoms with Gasteiger partial charge in [0.25, 0.3) is 0 Å². The molecule has 0 spiro atoms. The van der Waals surface area contributed by atoms with Crippen LogP contribution >= 0.6 is 15.9 Å². The van der Waals surface area contributed by atoms with Gasteiger partial charge in [-0.2, -0.15) is 0 Å².